The van der Waals surface area contributed by atoms with Gasteiger partial charge in [0.15, 0.2) is 0 Å². The molecule has 4 nitrogen and oxygen atoms in total. The molecule has 0 spiro atoms. The number of hydrogen-bond donors (Lipinski definition) is 1. The quantitative estimate of drug-likeness (QED) is 0.847. The molecule has 2 fully saturated rings. The molecule has 20 heavy (non-hydrogen) atoms. The minimum Gasteiger partial charge on any atom is -0.444 e. The molecule has 1 amide bonds. The third kappa shape index (κ3) is 2.80. The van der Waals surface area contributed by atoms with E-state index < -0.39 is 5.60 Å². The molecule has 0 aromatic rings. The van der Waals surface area contributed by atoms with Gasteiger partial charge in [-0.2, -0.15) is 0 Å². The van der Waals surface area contributed by atoms with Gasteiger partial charge in [-0.25, -0.2) is 4.79 Å². The van der Waals surface area contributed by atoms with Gasteiger partial charge in [0.2, 0.25) is 0 Å². The van der Waals surface area contributed by atoms with Crippen molar-refractivity contribution in [3.8, 4) is 0 Å². The van der Waals surface area contributed by atoms with Gasteiger partial charge >= 0.3 is 6.09 Å². The summed E-state index contributed by atoms with van der Waals surface area (Å²) in [5.41, 5.74) is 6.19. The second-order valence-electron chi connectivity index (χ2n) is 8.19. The molecular weight excluding hydrogens is 252 g/mol. The number of piperidine rings is 1. The molecule has 2 rings (SSSR count). The van der Waals surface area contributed by atoms with Gasteiger partial charge in [-0.15, -0.1) is 0 Å². The van der Waals surface area contributed by atoms with Gasteiger partial charge in [0.1, 0.15) is 5.60 Å². The molecule has 1 saturated carbocycles. The second-order valence-corrected chi connectivity index (χ2v) is 8.19. The van der Waals surface area contributed by atoms with E-state index in [1.807, 2.05) is 25.7 Å². The Labute approximate surface area is 123 Å². The van der Waals surface area contributed by atoms with E-state index in [1.54, 1.807) is 0 Å². The van der Waals surface area contributed by atoms with Crippen molar-refractivity contribution in [2.75, 3.05) is 19.6 Å². The summed E-state index contributed by atoms with van der Waals surface area (Å²) in [6, 6.07) is 0. The molecule has 1 heterocycles. The van der Waals surface area contributed by atoms with E-state index in [1.165, 1.54) is 12.8 Å². The SMILES string of the molecule is CC(C)(C)OC(=O)N1CCCC(C2(CN)CC2(C)C)C1. The highest BCUT2D eigenvalue weighted by molar-refractivity contribution is 5.68. The minimum absolute atomic E-state index is 0.173. The molecular formula is C16H30N2O2. The van der Waals surface area contributed by atoms with Gasteiger partial charge in [-0.3, -0.25) is 0 Å². The molecule has 2 aliphatic rings. The topological polar surface area (TPSA) is 55.6 Å². The van der Waals surface area contributed by atoms with Crippen molar-refractivity contribution in [2.45, 2.75) is 59.5 Å². The lowest BCUT2D eigenvalue weighted by atomic mass is 9.78. The second kappa shape index (κ2) is 4.90. The molecule has 0 aromatic carbocycles. The van der Waals surface area contributed by atoms with Crippen molar-refractivity contribution in [2.24, 2.45) is 22.5 Å². The number of amides is 1. The number of nitrogens with zero attached hydrogens (tertiary/aromatic N) is 1. The van der Waals surface area contributed by atoms with Crippen LogP contribution in [0, 0.1) is 16.7 Å². The highest BCUT2D eigenvalue weighted by atomic mass is 16.6. The van der Waals surface area contributed by atoms with Crippen LogP contribution in [0.3, 0.4) is 0 Å². The summed E-state index contributed by atoms with van der Waals surface area (Å²) in [6.45, 7) is 12.7. The zero-order valence-corrected chi connectivity index (χ0v) is 13.7. The predicted molar refractivity (Wildman–Crippen MR) is 80.4 cm³/mol. The fourth-order valence-electron chi connectivity index (χ4n) is 3.88. The van der Waals surface area contributed by atoms with Crippen molar-refractivity contribution in [3.05, 3.63) is 0 Å². The van der Waals surface area contributed by atoms with Gasteiger partial charge in [0.25, 0.3) is 0 Å². The average molecular weight is 282 g/mol. The summed E-state index contributed by atoms with van der Waals surface area (Å²) in [6.07, 6.45) is 3.25. The Morgan fingerprint density at radius 2 is 2.00 bits per heavy atom. The van der Waals surface area contributed by atoms with E-state index in [9.17, 15) is 4.79 Å². The van der Waals surface area contributed by atoms with E-state index in [2.05, 4.69) is 13.8 Å². The van der Waals surface area contributed by atoms with Crippen LogP contribution in [0.1, 0.15) is 53.9 Å². The zero-order valence-electron chi connectivity index (χ0n) is 13.7. The maximum atomic E-state index is 12.2. The van der Waals surface area contributed by atoms with Crippen molar-refractivity contribution >= 4 is 6.09 Å². The van der Waals surface area contributed by atoms with Crippen LogP contribution in [0.25, 0.3) is 0 Å². The molecule has 1 aliphatic carbocycles. The van der Waals surface area contributed by atoms with Gasteiger partial charge in [-0.1, -0.05) is 13.8 Å². The number of likely N-dealkylation sites (tertiary alicyclic amines) is 1. The molecule has 1 aliphatic heterocycles. The van der Waals surface area contributed by atoms with Gasteiger partial charge in [0, 0.05) is 13.1 Å². The van der Waals surface area contributed by atoms with E-state index in [-0.39, 0.29) is 11.5 Å². The summed E-state index contributed by atoms with van der Waals surface area (Å²) in [4.78, 5) is 14.1. The lowest BCUT2D eigenvalue weighted by molar-refractivity contribution is 0.0101. The number of ether oxygens (including phenoxy) is 1. The minimum atomic E-state index is -0.422. The standard InChI is InChI=1S/C16H30N2O2/c1-14(2,3)20-13(19)18-8-6-7-12(9-18)16(11-17)10-15(16,4)5/h12H,6-11,17H2,1-5H3. The van der Waals surface area contributed by atoms with Crippen molar-refractivity contribution in [1.29, 1.82) is 0 Å². The summed E-state index contributed by atoms with van der Waals surface area (Å²) < 4.78 is 5.50. The first-order valence-corrected chi connectivity index (χ1v) is 7.79. The molecule has 0 bridgehead atoms. The largest absolute Gasteiger partial charge is 0.444 e. The van der Waals surface area contributed by atoms with Crippen LogP contribution in [-0.4, -0.2) is 36.2 Å². The molecule has 4 heteroatoms. The van der Waals surface area contributed by atoms with Crippen LogP contribution in [0.2, 0.25) is 0 Å². The number of hydrogen-bond acceptors (Lipinski definition) is 3. The Kier molecular flexibility index (Phi) is 3.83. The summed E-state index contributed by atoms with van der Waals surface area (Å²) in [5.74, 6) is 0.517. The normalized spacial score (nSPS) is 32.9. The highest BCUT2D eigenvalue weighted by Gasteiger charge is 2.64. The van der Waals surface area contributed by atoms with Crippen LogP contribution in [-0.2, 0) is 4.74 Å². The monoisotopic (exact) mass is 282 g/mol. The summed E-state index contributed by atoms with van der Waals surface area (Å²) >= 11 is 0. The Morgan fingerprint density at radius 1 is 1.40 bits per heavy atom. The summed E-state index contributed by atoms with van der Waals surface area (Å²) in [5, 5.41) is 0. The molecule has 0 aromatic heterocycles. The molecule has 2 atom stereocenters. The molecule has 0 radical (unpaired) electrons. The smallest absolute Gasteiger partial charge is 0.410 e. The van der Waals surface area contributed by atoms with Crippen LogP contribution in [0.5, 0.6) is 0 Å². The van der Waals surface area contributed by atoms with Crippen molar-refractivity contribution < 1.29 is 9.53 Å². The average Bonchev–Trinajstić information content (AvgIpc) is 2.91. The van der Waals surface area contributed by atoms with Gasteiger partial charge < -0.3 is 15.4 Å². The van der Waals surface area contributed by atoms with E-state index in [4.69, 9.17) is 10.5 Å². The molecule has 116 valence electrons. The highest BCUT2D eigenvalue weighted by Crippen LogP contribution is 2.68. The third-order valence-corrected chi connectivity index (χ3v) is 5.20. The number of carbonyl (C=O) groups is 1. The predicted octanol–water partition coefficient (Wildman–Crippen LogP) is 3.01. The fraction of sp³-hybridized carbons (Fsp3) is 0.938. The van der Waals surface area contributed by atoms with Gasteiger partial charge in [0.05, 0.1) is 0 Å². The van der Waals surface area contributed by atoms with E-state index in [0.717, 1.165) is 26.1 Å². The summed E-state index contributed by atoms with van der Waals surface area (Å²) in [7, 11) is 0. The third-order valence-electron chi connectivity index (χ3n) is 5.20. The van der Waals surface area contributed by atoms with Gasteiger partial charge in [-0.05, 0) is 63.3 Å². The lowest BCUT2D eigenvalue weighted by Gasteiger charge is -2.39. The Morgan fingerprint density at radius 3 is 2.45 bits per heavy atom. The van der Waals surface area contributed by atoms with E-state index in [0.29, 0.717) is 11.3 Å². The van der Waals surface area contributed by atoms with Crippen LogP contribution in [0.4, 0.5) is 4.79 Å². The first-order valence-electron chi connectivity index (χ1n) is 7.79. The van der Waals surface area contributed by atoms with Crippen LogP contribution < -0.4 is 5.73 Å². The van der Waals surface area contributed by atoms with E-state index >= 15 is 0 Å². The lowest BCUT2D eigenvalue weighted by Crippen LogP contribution is -2.46. The number of rotatable bonds is 2. The van der Waals surface area contributed by atoms with Crippen LogP contribution >= 0.6 is 0 Å². The Balaban J connectivity index is 2.01. The first-order chi connectivity index (χ1) is 9.11. The molecule has 2 unspecified atom stereocenters. The van der Waals surface area contributed by atoms with Crippen LogP contribution in [0.15, 0.2) is 0 Å². The molecule has 1 saturated heterocycles. The zero-order chi connectivity index (χ0) is 15.2. The first kappa shape index (κ1) is 15.6. The maximum absolute atomic E-state index is 12.2. The Bertz CT molecular complexity index is 386. The van der Waals surface area contributed by atoms with Crippen molar-refractivity contribution in [1.82, 2.24) is 4.90 Å². The van der Waals surface area contributed by atoms with Crippen molar-refractivity contribution in [3.63, 3.8) is 0 Å². The maximum Gasteiger partial charge on any atom is 0.410 e. The molecule has 2 N–H and O–H groups in total. The Hall–Kier alpha value is -0.770. The number of nitrogens with two attached hydrogens (primary N) is 1. The number of carbonyl (C=O) groups excluding carboxylic acids is 1. The fourth-order valence-corrected chi connectivity index (χ4v) is 3.88.